The van der Waals surface area contributed by atoms with E-state index in [0.29, 0.717) is 12.0 Å². The van der Waals surface area contributed by atoms with Crippen LogP contribution in [0.25, 0.3) is 0 Å². The second kappa shape index (κ2) is 4.30. The van der Waals surface area contributed by atoms with Crippen molar-refractivity contribution < 1.29 is 14.3 Å². The van der Waals surface area contributed by atoms with Crippen LogP contribution in [0.5, 0.6) is 5.75 Å². The fourth-order valence-electron chi connectivity index (χ4n) is 1.35. The van der Waals surface area contributed by atoms with Crippen LogP contribution in [0.1, 0.15) is 33.6 Å². The third kappa shape index (κ3) is 2.03. The van der Waals surface area contributed by atoms with Crippen molar-refractivity contribution in [1.29, 1.82) is 0 Å². The molecule has 0 aromatic carbocycles. The molecule has 1 aliphatic rings. The number of pyridine rings is 1. The predicted octanol–water partition coefficient (Wildman–Crippen LogP) is 0.795. The minimum Gasteiger partial charge on any atom is -0.488 e. The molecular formula is C11H12N2O3. The molecule has 0 atom stereocenters. The molecule has 1 fully saturated rings. The summed E-state index contributed by atoms with van der Waals surface area (Å²) < 4.78 is 5.51. The van der Waals surface area contributed by atoms with Crippen molar-refractivity contribution >= 4 is 12.2 Å². The van der Waals surface area contributed by atoms with Gasteiger partial charge in [-0.15, -0.1) is 0 Å². The van der Waals surface area contributed by atoms with Gasteiger partial charge in [-0.2, -0.15) is 0 Å². The van der Waals surface area contributed by atoms with Crippen LogP contribution in [0.2, 0.25) is 0 Å². The van der Waals surface area contributed by atoms with Gasteiger partial charge in [0.1, 0.15) is 5.75 Å². The Morgan fingerprint density at radius 3 is 2.88 bits per heavy atom. The number of rotatable bonds is 4. The average molecular weight is 220 g/mol. The molecule has 1 aromatic rings. The molecule has 84 valence electrons. The summed E-state index contributed by atoms with van der Waals surface area (Å²) in [6.07, 6.45) is 5.60. The van der Waals surface area contributed by atoms with Crippen LogP contribution in [0.3, 0.4) is 0 Å². The maximum Gasteiger partial charge on any atom is 0.253 e. The lowest BCUT2D eigenvalue weighted by atomic mass is 10.1. The van der Waals surface area contributed by atoms with Crippen molar-refractivity contribution in [2.75, 3.05) is 7.05 Å². The molecule has 1 saturated carbocycles. The molecule has 1 aromatic heterocycles. The Balaban J connectivity index is 2.36. The molecule has 0 spiro atoms. The van der Waals surface area contributed by atoms with E-state index in [0.717, 1.165) is 12.8 Å². The van der Waals surface area contributed by atoms with E-state index in [4.69, 9.17) is 4.74 Å². The molecule has 0 unspecified atom stereocenters. The van der Waals surface area contributed by atoms with Gasteiger partial charge in [-0.25, -0.2) is 0 Å². The summed E-state index contributed by atoms with van der Waals surface area (Å²) in [5.41, 5.74) is 0.511. The Kier molecular flexibility index (Phi) is 2.85. The molecule has 0 bridgehead atoms. The average Bonchev–Trinajstić information content (AvgIpc) is 3.11. The molecule has 0 aliphatic heterocycles. The van der Waals surface area contributed by atoms with Gasteiger partial charge < -0.3 is 10.1 Å². The maximum atomic E-state index is 11.5. The van der Waals surface area contributed by atoms with E-state index in [2.05, 4.69) is 10.3 Å². The number of nitrogens with one attached hydrogen (secondary N) is 1. The van der Waals surface area contributed by atoms with E-state index in [1.165, 1.54) is 19.4 Å². The van der Waals surface area contributed by atoms with E-state index >= 15 is 0 Å². The molecule has 5 heteroatoms. The van der Waals surface area contributed by atoms with Gasteiger partial charge in [-0.05, 0) is 12.8 Å². The zero-order valence-electron chi connectivity index (χ0n) is 8.90. The zero-order chi connectivity index (χ0) is 11.5. The minimum atomic E-state index is -0.337. The summed E-state index contributed by atoms with van der Waals surface area (Å²) in [6.45, 7) is 0. The Hall–Kier alpha value is -1.91. The highest BCUT2D eigenvalue weighted by atomic mass is 16.5. The van der Waals surface area contributed by atoms with Crippen molar-refractivity contribution in [3.05, 3.63) is 23.5 Å². The first-order valence-corrected chi connectivity index (χ1v) is 5.08. The molecule has 1 heterocycles. The number of aromatic nitrogens is 1. The van der Waals surface area contributed by atoms with Crippen molar-refractivity contribution in [3.63, 3.8) is 0 Å². The van der Waals surface area contributed by atoms with E-state index in [9.17, 15) is 9.59 Å². The minimum absolute atomic E-state index is 0.167. The molecule has 0 saturated heterocycles. The predicted molar refractivity (Wildman–Crippen MR) is 56.7 cm³/mol. The molecule has 1 N–H and O–H groups in total. The van der Waals surface area contributed by atoms with E-state index in [1.807, 2.05) is 0 Å². The van der Waals surface area contributed by atoms with Gasteiger partial charge in [0, 0.05) is 13.2 Å². The number of carbonyl (C=O) groups is 2. The summed E-state index contributed by atoms with van der Waals surface area (Å²) in [7, 11) is 1.51. The van der Waals surface area contributed by atoms with Crippen LogP contribution in [-0.2, 0) is 0 Å². The van der Waals surface area contributed by atoms with Crippen LogP contribution in [0.4, 0.5) is 0 Å². The second-order valence-corrected chi connectivity index (χ2v) is 3.61. The highest BCUT2D eigenvalue weighted by Gasteiger charge is 2.26. The molecule has 1 amide bonds. The van der Waals surface area contributed by atoms with Gasteiger partial charge in [0.05, 0.1) is 23.4 Å². The highest BCUT2D eigenvalue weighted by molar-refractivity contribution is 6.02. The third-order valence-corrected chi connectivity index (χ3v) is 2.36. The first-order chi connectivity index (χ1) is 7.76. The van der Waals surface area contributed by atoms with Crippen LogP contribution in [0, 0.1) is 0 Å². The van der Waals surface area contributed by atoms with Crippen LogP contribution in [-0.4, -0.2) is 30.3 Å². The number of aldehydes is 1. The Morgan fingerprint density at radius 1 is 1.56 bits per heavy atom. The Morgan fingerprint density at radius 2 is 2.31 bits per heavy atom. The largest absolute Gasteiger partial charge is 0.488 e. The Labute approximate surface area is 92.8 Å². The number of carbonyl (C=O) groups excluding carboxylic acids is 2. The lowest BCUT2D eigenvalue weighted by Gasteiger charge is -2.09. The SMILES string of the molecule is CNC(=O)c1cncc(OC2CC2)c1C=O. The molecule has 1 aliphatic carbocycles. The molecular weight excluding hydrogens is 208 g/mol. The number of hydrogen-bond acceptors (Lipinski definition) is 4. The number of ether oxygens (including phenoxy) is 1. The lowest BCUT2D eigenvalue weighted by Crippen LogP contribution is -2.20. The van der Waals surface area contributed by atoms with Crippen molar-refractivity contribution in [3.8, 4) is 5.75 Å². The summed E-state index contributed by atoms with van der Waals surface area (Å²) in [5, 5.41) is 2.46. The van der Waals surface area contributed by atoms with Gasteiger partial charge in [0.25, 0.3) is 5.91 Å². The van der Waals surface area contributed by atoms with Gasteiger partial charge >= 0.3 is 0 Å². The molecule has 16 heavy (non-hydrogen) atoms. The van der Waals surface area contributed by atoms with E-state index < -0.39 is 0 Å². The fraction of sp³-hybridized carbons (Fsp3) is 0.364. The van der Waals surface area contributed by atoms with Crippen molar-refractivity contribution in [2.45, 2.75) is 18.9 Å². The smallest absolute Gasteiger partial charge is 0.253 e. The number of amides is 1. The summed E-state index contributed by atoms with van der Waals surface area (Å²) in [6, 6.07) is 0. The van der Waals surface area contributed by atoms with Gasteiger partial charge in [0.2, 0.25) is 0 Å². The fourth-order valence-corrected chi connectivity index (χ4v) is 1.35. The monoisotopic (exact) mass is 220 g/mol. The molecule has 0 radical (unpaired) electrons. The quantitative estimate of drug-likeness (QED) is 0.762. The Bertz CT molecular complexity index is 427. The molecule has 5 nitrogen and oxygen atoms in total. The number of hydrogen-bond donors (Lipinski definition) is 1. The molecule has 2 rings (SSSR count). The normalized spacial score (nSPS) is 14.3. The zero-order valence-corrected chi connectivity index (χ0v) is 8.90. The first-order valence-electron chi connectivity index (χ1n) is 5.08. The van der Waals surface area contributed by atoms with E-state index in [1.54, 1.807) is 0 Å². The van der Waals surface area contributed by atoms with Crippen molar-refractivity contribution in [1.82, 2.24) is 10.3 Å². The van der Waals surface area contributed by atoms with Gasteiger partial charge in [-0.1, -0.05) is 0 Å². The third-order valence-electron chi connectivity index (χ3n) is 2.36. The lowest BCUT2D eigenvalue weighted by molar-refractivity contribution is 0.0955. The topological polar surface area (TPSA) is 68.3 Å². The maximum absolute atomic E-state index is 11.5. The highest BCUT2D eigenvalue weighted by Crippen LogP contribution is 2.29. The van der Waals surface area contributed by atoms with Crippen LogP contribution >= 0.6 is 0 Å². The van der Waals surface area contributed by atoms with Crippen LogP contribution < -0.4 is 10.1 Å². The van der Waals surface area contributed by atoms with E-state index in [-0.39, 0.29) is 23.1 Å². The first kappa shape index (κ1) is 10.6. The van der Waals surface area contributed by atoms with Gasteiger partial charge in [-0.3, -0.25) is 14.6 Å². The standard InChI is InChI=1S/C11H12N2O3/c1-12-11(15)8-4-13-5-10(9(8)6-14)16-7-2-3-7/h4-7H,2-3H2,1H3,(H,12,15). The van der Waals surface area contributed by atoms with Crippen LogP contribution in [0.15, 0.2) is 12.4 Å². The van der Waals surface area contributed by atoms with Crippen molar-refractivity contribution in [2.24, 2.45) is 0 Å². The number of nitrogens with zero attached hydrogens (tertiary/aromatic N) is 1. The summed E-state index contributed by atoms with van der Waals surface area (Å²) in [4.78, 5) is 26.4. The summed E-state index contributed by atoms with van der Waals surface area (Å²) in [5.74, 6) is 0.0504. The second-order valence-electron chi connectivity index (χ2n) is 3.61. The van der Waals surface area contributed by atoms with Gasteiger partial charge in [0.15, 0.2) is 6.29 Å². The summed E-state index contributed by atoms with van der Waals surface area (Å²) >= 11 is 0.